The van der Waals surface area contributed by atoms with Gasteiger partial charge in [0, 0.05) is 13.2 Å². The van der Waals surface area contributed by atoms with E-state index >= 15 is 0 Å². The first-order chi connectivity index (χ1) is 7.41. The Hall–Kier alpha value is -0.0800. The Balaban J connectivity index is 2.81. The molecule has 0 aliphatic rings. The van der Waals surface area contributed by atoms with Crippen molar-refractivity contribution in [2.24, 2.45) is 0 Å². The average molecular weight is 215 g/mol. The van der Waals surface area contributed by atoms with Crippen molar-refractivity contribution in [3.8, 4) is 0 Å². The number of nitrogens with one attached hydrogen (secondary N) is 1. The maximum absolute atomic E-state index is 5.54. The molecular formula is C13H29NO. The predicted molar refractivity (Wildman–Crippen MR) is 67.4 cm³/mol. The summed E-state index contributed by atoms with van der Waals surface area (Å²) in [7, 11) is 0. The third kappa shape index (κ3) is 13.9. The minimum absolute atomic E-state index is 0.956. The number of hydrogen-bond donors (Lipinski definition) is 1. The van der Waals surface area contributed by atoms with Crippen LogP contribution in [0.15, 0.2) is 0 Å². The summed E-state index contributed by atoms with van der Waals surface area (Å²) in [4.78, 5) is 0. The van der Waals surface area contributed by atoms with E-state index in [9.17, 15) is 0 Å². The molecule has 0 amide bonds. The molecule has 1 N–H and O–H groups in total. The molecule has 0 fully saturated rings. The first kappa shape index (κ1) is 14.9. The summed E-state index contributed by atoms with van der Waals surface area (Å²) in [5.41, 5.74) is 0. The Bertz CT molecular complexity index is 94.7. The van der Waals surface area contributed by atoms with Gasteiger partial charge in [0.2, 0.25) is 0 Å². The van der Waals surface area contributed by atoms with E-state index in [1.54, 1.807) is 0 Å². The van der Waals surface area contributed by atoms with Gasteiger partial charge in [0.1, 0.15) is 0 Å². The minimum atomic E-state index is 0.956. The third-order valence-corrected chi connectivity index (χ3v) is 2.46. The summed E-state index contributed by atoms with van der Waals surface area (Å²) in [6, 6.07) is 0. The van der Waals surface area contributed by atoms with Crippen LogP contribution in [0, 0.1) is 0 Å². The highest BCUT2D eigenvalue weighted by Gasteiger charge is 1.91. The van der Waals surface area contributed by atoms with Crippen molar-refractivity contribution >= 4 is 0 Å². The molecule has 2 nitrogen and oxygen atoms in total. The smallest absolute Gasteiger partial charge is 0.0466 e. The summed E-state index contributed by atoms with van der Waals surface area (Å²) >= 11 is 0. The lowest BCUT2D eigenvalue weighted by atomic mass is 10.2. The number of ether oxygens (including phenoxy) is 1. The second kappa shape index (κ2) is 13.9. The molecule has 0 aliphatic carbocycles. The molecule has 0 heterocycles. The molecule has 2 heteroatoms. The summed E-state index contributed by atoms with van der Waals surface area (Å²) in [6.45, 7) is 8.68. The molecule has 0 atom stereocenters. The van der Waals surface area contributed by atoms with Crippen LogP contribution < -0.4 is 5.32 Å². The Morgan fingerprint density at radius 1 is 0.733 bits per heavy atom. The number of hydrogen-bond acceptors (Lipinski definition) is 2. The Kier molecular flexibility index (Phi) is 13.8. The summed E-state index contributed by atoms with van der Waals surface area (Å²) in [5, 5.41) is 3.41. The average Bonchev–Trinajstić information content (AvgIpc) is 2.26. The lowest BCUT2D eigenvalue weighted by Gasteiger charge is -2.04. The SMILES string of the molecule is CCCCCOCCCCCNCCC. The predicted octanol–water partition coefficient (Wildman–Crippen LogP) is 3.36. The van der Waals surface area contributed by atoms with E-state index in [0.717, 1.165) is 19.8 Å². The van der Waals surface area contributed by atoms with Crippen LogP contribution in [0.25, 0.3) is 0 Å². The zero-order valence-electron chi connectivity index (χ0n) is 10.7. The van der Waals surface area contributed by atoms with E-state index < -0.39 is 0 Å². The van der Waals surface area contributed by atoms with Crippen LogP contribution in [-0.4, -0.2) is 26.3 Å². The normalized spacial score (nSPS) is 10.8. The van der Waals surface area contributed by atoms with Crippen LogP contribution >= 0.6 is 0 Å². The van der Waals surface area contributed by atoms with Gasteiger partial charge < -0.3 is 10.1 Å². The monoisotopic (exact) mass is 215 g/mol. The molecule has 92 valence electrons. The lowest BCUT2D eigenvalue weighted by Crippen LogP contribution is -2.15. The topological polar surface area (TPSA) is 21.3 Å². The van der Waals surface area contributed by atoms with Gasteiger partial charge in [0.05, 0.1) is 0 Å². The van der Waals surface area contributed by atoms with Gasteiger partial charge in [-0.3, -0.25) is 0 Å². The van der Waals surface area contributed by atoms with Gasteiger partial charge in [-0.25, -0.2) is 0 Å². The van der Waals surface area contributed by atoms with Gasteiger partial charge in [-0.1, -0.05) is 26.7 Å². The Labute approximate surface area is 95.8 Å². The quantitative estimate of drug-likeness (QED) is 0.504. The van der Waals surface area contributed by atoms with Gasteiger partial charge in [-0.05, 0) is 45.2 Å². The van der Waals surface area contributed by atoms with Crippen LogP contribution in [-0.2, 0) is 4.74 Å². The Morgan fingerprint density at radius 2 is 1.47 bits per heavy atom. The highest BCUT2D eigenvalue weighted by atomic mass is 16.5. The second-order valence-corrected chi connectivity index (χ2v) is 4.13. The molecule has 0 saturated heterocycles. The summed E-state index contributed by atoms with van der Waals surface area (Å²) in [5.74, 6) is 0. The Morgan fingerprint density at radius 3 is 2.13 bits per heavy atom. The third-order valence-electron chi connectivity index (χ3n) is 2.46. The van der Waals surface area contributed by atoms with Gasteiger partial charge in [0.15, 0.2) is 0 Å². The standard InChI is InChI=1S/C13H29NO/c1-3-5-8-12-15-13-9-6-7-11-14-10-4-2/h14H,3-13H2,1-2H3. The maximum Gasteiger partial charge on any atom is 0.0466 e. The van der Waals surface area contributed by atoms with E-state index in [0.29, 0.717) is 0 Å². The zero-order chi connectivity index (χ0) is 11.2. The summed E-state index contributed by atoms with van der Waals surface area (Å²) < 4.78 is 5.54. The fourth-order valence-electron chi connectivity index (χ4n) is 1.49. The molecule has 0 radical (unpaired) electrons. The summed E-state index contributed by atoms with van der Waals surface area (Å²) in [6.07, 6.45) is 8.87. The van der Waals surface area contributed by atoms with Gasteiger partial charge in [-0.15, -0.1) is 0 Å². The van der Waals surface area contributed by atoms with E-state index in [2.05, 4.69) is 19.2 Å². The lowest BCUT2D eigenvalue weighted by molar-refractivity contribution is 0.126. The van der Waals surface area contributed by atoms with Gasteiger partial charge in [0.25, 0.3) is 0 Å². The first-order valence-corrected chi connectivity index (χ1v) is 6.70. The molecule has 0 aromatic heterocycles. The molecule has 0 spiro atoms. The highest BCUT2D eigenvalue weighted by Crippen LogP contribution is 1.98. The van der Waals surface area contributed by atoms with E-state index in [1.807, 2.05) is 0 Å². The minimum Gasteiger partial charge on any atom is -0.381 e. The van der Waals surface area contributed by atoms with Crippen LogP contribution in [0.3, 0.4) is 0 Å². The molecule has 0 rings (SSSR count). The second-order valence-electron chi connectivity index (χ2n) is 4.13. The van der Waals surface area contributed by atoms with Crippen LogP contribution in [0.2, 0.25) is 0 Å². The van der Waals surface area contributed by atoms with Crippen LogP contribution in [0.5, 0.6) is 0 Å². The van der Waals surface area contributed by atoms with Gasteiger partial charge >= 0.3 is 0 Å². The molecule has 0 unspecified atom stereocenters. The largest absolute Gasteiger partial charge is 0.381 e. The molecule has 0 aliphatic heterocycles. The number of unbranched alkanes of at least 4 members (excludes halogenated alkanes) is 4. The van der Waals surface area contributed by atoms with Gasteiger partial charge in [-0.2, -0.15) is 0 Å². The van der Waals surface area contributed by atoms with E-state index in [4.69, 9.17) is 4.74 Å². The van der Waals surface area contributed by atoms with Crippen molar-refractivity contribution in [2.45, 2.75) is 58.8 Å². The molecule has 0 aromatic carbocycles. The fourth-order valence-corrected chi connectivity index (χ4v) is 1.49. The van der Waals surface area contributed by atoms with Crippen molar-refractivity contribution in [3.05, 3.63) is 0 Å². The fraction of sp³-hybridized carbons (Fsp3) is 1.00. The molecule has 0 bridgehead atoms. The zero-order valence-corrected chi connectivity index (χ0v) is 10.7. The van der Waals surface area contributed by atoms with E-state index in [-0.39, 0.29) is 0 Å². The first-order valence-electron chi connectivity index (χ1n) is 6.70. The van der Waals surface area contributed by atoms with E-state index in [1.165, 1.54) is 51.5 Å². The van der Waals surface area contributed by atoms with Crippen molar-refractivity contribution in [1.29, 1.82) is 0 Å². The van der Waals surface area contributed by atoms with Crippen molar-refractivity contribution in [1.82, 2.24) is 5.32 Å². The van der Waals surface area contributed by atoms with Crippen molar-refractivity contribution < 1.29 is 4.74 Å². The van der Waals surface area contributed by atoms with Crippen LogP contribution in [0.1, 0.15) is 58.8 Å². The maximum atomic E-state index is 5.54. The van der Waals surface area contributed by atoms with Crippen molar-refractivity contribution in [3.63, 3.8) is 0 Å². The molecule has 0 aromatic rings. The molecule has 0 saturated carbocycles. The highest BCUT2D eigenvalue weighted by molar-refractivity contribution is 4.47. The molecular weight excluding hydrogens is 186 g/mol. The van der Waals surface area contributed by atoms with Crippen molar-refractivity contribution in [2.75, 3.05) is 26.3 Å². The molecule has 15 heavy (non-hydrogen) atoms. The number of rotatable bonds is 12. The van der Waals surface area contributed by atoms with Crippen LogP contribution in [0.4, 0.5) is 0 Å².